The molecule has 11 nitrogen and oxygen atoms in total. The molecule has 35 heavy (non-hydrogen) atoms. The van der Waals surface area contributed by atoms with E-state index < -0.39 is 25.4 Å². The number of pyridine rings is 1. The van der Waals surface area contributed by atoms with Gasteiger partial charge in [-0.3, -0.25) is 14.4 Å². The summed E-state index contributed by atoms with van der Waals surface area (Å²) >= 11 is 4.74. The van der Waals surface area contributed by atoms with Crippen molar-refractivity contribution < 1.29 is 37.2 Å². The van der Waals surface area contributed by atoms with E-state index in [-0.39, 0.29) is 17.9 Å². The number of ether oxygens (including phenoxy) is 1. The molecule has 1 saturated heterocycles. The number of nitrogens with one attached hydrogen (secondary N) is 2. The number of phosphoric ester groups is 1. The lowest BCUT2D eigenvalue weighted by Crippen LogP contribution is -2.24. The molecule has 0 radical (unpaired) electrons. The summed E-state index contributed by atoms with van der Waals surface area (Å²) < 4.78 is 45.7. The Bertz CT molecular complexity index is 1240. The van der Waals surface area contributed by atoms with E-state index in [4.69, 9.17) is 25.9 Å². The quantitative estimate of drug-likeness (QED) is 0.253. The number of aromatic nitrogens is 3. The van der Waals surface area contributed by atoms with Crippen LogP contribution >= 0.6 is 19.4 Å². The fourth-order valence-electron chi connectivity index (χ4n) is 3.58. The van der Waals surface area contributed by atoms with Crippen LogP contribution in [0.4, 0.5) is 20.3 Å². The van der Waals surface area contributed by atoms with Gasteiger partial charge in [-0.15, -0.1) is 8.78 Å². The van der Waals surface area contributed by atoms with Gasteiger partial charge in [0, 0.05) is 48.3 Å². The topological polar surface area (TPSA) is 150 Å². The number of hydrogen-bond donors (Lipinski definition) is 4. The average molecular weight is 530 g/mol. The van der Waals surface area contributed by atoms with Gasteiger partial charge in [0.05, 0.1) is 17.4 Å². The maximum absolute atomic E-state index is 12.8. The maximum atomic E-state index is 12.8. The molecular weight excluding hydrogens is 511 g/mol. The fraction of sp³-hybridized carbons (Fsp3) is 0.250. The Balaban J connectivity index is 1.53. The molecule has 1 amide bonds. The van der Waals surface area contributed by atoms with E-state index in [2.05, 4.69) is 25.2 Å². The van der Waals surface area contributed by atoms with E-state index in [1.54, 1.807) is 17.0 Å². The zero-order valence-corrected chi connectivity index (χ0v) is 19.4. The van der Waals surface area contributed by atoms with Crippen molar-refractivity contribution in [3.8, 4) is 17.0 Å². The van der Waals surface area contributed by atoms with E-state index >= 15 is 0 Å². The zero-order valence-electron chi connectivity index (χ0n) is 17.8. The first-order chi connectivity index (χ1) is 16.5. The highest BCUT2D eigenvalue weighted by Gasteiger charge is 2.31. The molecule has 2 aromatic heterocycles. The van der Waals surface area contributed by atoms with Crippen LogP contribution in [-0.2, 0) is 9.09 Å². The normalized spacial score (nSPS) is 16.4. The summed E-state index contributed by atoms with van der Waals surface area (Å²) in [5.41, 5.74) is -2.21. The number of nitrogens with zero attached hydrogens (tertiary/aromatic N) is 3. The van der Waals surface area contributed by atoms with Crippen molar-refractivity contribution >= 4 is 36.8 Å². The number of amides is 1. The van der Waals surface area contributed by atoms with E-state index in [1.807, 2.05) is 0 Å². The molecule has 3 aromatic rings. The van der Waals surface area contributed by atoms with Crippen LogP contribution < -0.4 is 15.0 Å². The SMILES string of the molecule is O=C(Nc1ccc(OC(F)(F)Cl)cc1)c1cnc(N2CC[C@@H](OP(=O)(O)O)C2)c(-c2ccn[nH]2)c1. The van der Waals surface area contributed by atoms with Gasteiger partial charge < -0.3 is 24.7 Å². The molecule has 1 fully saturated rings. The van der Waals surface area contributed by atoms with Gasteiger partial charge >= 0.3 is 13.4 Å². The largest absolute Gasteiger partial charge is 0.487 e. The van der Waals surface area contributed by atoms with Gasteiger partial charge in [-0.25, -0.2) is 9.55 Å². The minimum atomic E-state index is -4.63. The van der Waals surface area contributed by atoms with E-state index in [0.717, 1.165) is 0 Å². The van der Waals surface area contributed by atoms with Crippen LogP contribution in [0.3, 0.4) is 0 Å². The average Bonchev–Trinajstić information content (AvgIpc) is 3.45. The standard InChI is InChI=1S/C20H19ClF2N5O6P/c21-20(22,23)33-14-3-1-13(2-4-14)26-19(29)12-9-16(17-5-7-25-27-17)18(24-10-12)28-8-6-15(11-28)34-35(30,31)32/h1-5,7,9-10,15H,6,8,11H2,(H,25,27)(H,26,29)(H2,30,31,32)/t15-/m1/s1. The number of H-pyrrole nitrogens is 1. The molecule has 1 aromatic carbocycles. The van der Waals surface area contributed by atoms with Gasteiger partial charge in [0.2, 0.25) is 0 Å². The monoisotopic (exact) mass is 529 g/mol. The van der Waals surface area contributed by atoms with Gasteiger partial charge in [0.1, 0.15) is 11.6 Å². The van der Waals surface area contributed by atoms with Crippen LogP contribution in [-0.4, -0.2) is 55.6 Å². The van der Waals surface area contributed by atoms with Gasteiger partial charge in [-0.1, -0.05) is 0 Å². The molecule has 15 heteroatoms. The molecule has 1 atom stereocenters. The van der Waals surface area contributed by atoms with Crippen LogP contribution in [0.25, 0.3) is 11.3 Å². The minimum Gasteiger partial charge on any atom is -0.420 e. The first-order valence-electron chi connectivity index (χ1n) is 10.1. The van der Waals surface area contributed by atoms with Crippen molar-refractivity contribution in [3.63, 3.8) is 0 Å². The van der Waals surface area contributed by atoms with Crippen LogP contribution in [0.15, 0.2) is 48.8 Å². The van der Waals surface area contributed by atoms with Gasteiger partial charge in [0.25, 0.3) is 5.91 Å². The third kappa shape index (κ3) is 6.74. The van der Waals surface area contributed by atoms with Crippen molar-refractivity contribution in [3.05, 3.63) is 54.4 Å². The van der Waals surface area contributed by atoms with E-state index in [0.29, 0.717) is 35.7 Å². The summed E-state index contributed by atoms with van der Waals surface area (Å²) in [5.74, 6) is -0.210. The number of carbonyl (C=O) groups is 1. The number of anilines is 2. The van der Waals surface area contributed by atoms with Gasteiger partial charge in [0.15, 0.2) is 0 Å². The summed E-state index contributed by atoms with van der Waals surface area (Å²) in [5, 5.41) is 9.39. The molecule has 186 valence electrons. The Kier molecular flexibility index (Phi) is 7.06. The highest BCUT2D eigenvalue weighted by atomic mass is 35.5. The molecule has 4 N–H and O–H groups in total. The first-order valence-corrected chi connectivity index (χ1v) is 12.0. The van der Waals surface area contributed by atoms with Crippen molar-refractivity contribution in [1.82, 2.24) is 15.2 Å². The van der Waals surface area contributed by atoms with Gasteiger partial charge in [-0.05, 0) is 42.8 Å². The lowest BCUT2D eigenvalue weighted by Gasteiger charge is -2.21. The summed E-state index contributed by atoms with van der Waals surface area (Å²) in [6.07, 6.45) is 2.59. The summed E-state index contributed by atoms with van der Waals surface area (Å²) in [6, 6.07) is 8.48. The number of alkyl halides is 3. The molecule has 1 aliphatic rings. The number of phosphoric acid groups is 1. The number of aromatic amines is 1. The first kappa shape index (κ1) is 25.0. The van der Waals surface area contributed by atoms with Crippen LogP contribution in [0.1, 0.15) is 16.8 Å². The molecule has 0 saturated carbocycles. The number of rotatable bonds is 8. The molecule has 0 unspecified atom stereocenters. The highest BCUT2D eigenvalue weighted by molar-refractivity contribution is 7.46. The number of halogens is 3. The summed E-state index contributed by atoms with van der Waals surface area (Å²) in [7, 11) is -4.63. The summed E-state index contributed by atoms with van der Waals surface area (Å²) in [6.45, 7) is 0.626. The molecule has 3 heterocycles. The Morgan fingerprint density at radius 3 is 2.66 bits per heavy atom. The summed E-state index contributed by atoms with van der Waals surface area (Å²) in [4.78, 5) is 37.2. The Hall–Kier alpha value is -3.09. The maximum Gasteiger partial charge on any atom is 0.487 e. The Labute approximate surface area is 202 Å². The lowest BCUT2D eigenvalue weighted by atomic mass is 10.1. The number of carbonyl (C=O) groups excluding carboxylic acids is 1. The molecule has 0 spiro atoms. The molecule has 0 aliphatic carbocycles. The van der Waals surface area contributed by atoms with Crippen LogP contribution in [0.2, 0.25) is 0 Å². The van der Waals surface area contributed by atoms with E-state index in [1.165, 1.54) is 36.7 Å². The molecule has 4 rings (SSSR count). The lowest BCUT2D eigenvalue weighted by molar-refractivity contribution is -0.0964. The molecule has 1 aliphatic heterocycles. The van der Waals surface area contributed by atoms with E-state index in [9.17, 15) is 18.1 Å². The van der Waals surface area contributed by atoms with Crippen molar-refractivity contribution in [2.75, 3.05) is 23.3 Å². The predicted octanol–water partition coefficient (Wildman–Crippen LogP) is 3.58. The second-order valence-corrected chi connectivity index (χ2v) is 9.18. The zero-order chi connectivity index (χ0) is 25.2. The highest BCUT2D eigenvalue weighted by Crippen LogP contribution is 2.40. The van der Waals surface area contributed by atoms with Crippen molar-refractivity contribution in [2.24, 2.45) is 0 Å². The number of hydrogen-bond acceptors (Lipinski definition) is 7. The second kappa shape index (κ2) is 9.88. The molecule has 0 bridgehead atoms. The fourth-order valence-corrected chi connectivity index (χ4v) is 4.23. The van der Waals surface area contributed by atoms with Gasteiger partial charge in [-0.2, -0.15) is 5.10 Å². The van der Waals surface area contributed by atoms with Crippen molar-refractivity contribution in [2.45, 2.75) is 18.1 Å². The smallest absolute Gasteiger partial charge is 0.420 e. The Morgan fingerprint density at radius 1 is 1.29 bits per heavy atom. The van der Waals surface area contributed by atoms with Crippen molar-refractivity contribution in [1.29, 1.82) is 0 Å². The third-order valence-corrected chi connectivity index (χ3v) is 5.65. The number of benzene rings is 1. The van der Waals surface area contributed by atoms with Crippen LogP contribution in [0, 0.1) is 0 Å². The Morgan fingerprint density at radius 2 is 2.03 bits per heavy atom. The predicted molar refractivity (Wildman–Crippen MR) is 121 cm³/mol. The van der Waals surface area contributed by atoms with Crippen LogP contribution in [0.5, 0.6) is 5.75 Å². The minimum absolute atomic E-state index is 0.179. The molecular formula is C20H19ClF2N5O6P. The second-order valence-electron chi connectivity index (χ2n) is 7.54. The third-order valence-electron chi connectivity index (χ3n) is 5.00.